The molecule has 2 rings (SSSR count). The number of hydrogen-bond acceptors (Lipinski definition) is 3. The number of hydrogen-bond donors (Lipinski definition) is 1. The van der Waals surface area contributed by atoms with Gasteiger partial charge in [0.05, 0.1) is 19.8 Å². The first-order valence-electron chi connectivity index (χ1n) is 6.65. The van der Waals surface area contributed by atoms with Crippen molar-refractivity contribution in [3.05, 3.63) is 53.3 Å². The Balaban J connectivity index is 2.30. The van der Waals surface area contributed by atoms with E-state index in [0.29, 0.717) is 23.6 Å². The van der Waals surface area contributed by atoms with Crippen molar-refractivity contribution in [2.45, 2.75) is 6.18 Å². The molecule has 24 heavy (non-hydrogen) atoms. The molecule has 4 nitrogen and oxygen atoms in total. The molecule has 0 saturated carbocycles. The molecule has 0 radical (unpaired) electrons. The highest BCUT2D eigenvalue weighted by atomic mass is 19.4. The Morgan fingerprint density at radius 3 is 2.08 bits per heavy atom. The van der Waals surface area contributed by atoms with Crippen molar-refractivity contribution in [1.29, 1.82) is 0 Å². The molecule has 0 saturated heterocycles. The average molecular weight is 343 g/mol. The average Bonchev–Trinajstić information content (AvgIpc) is 2.54. The van der Waals surface area contributed by atoms with Crippen LogP contribution >= 0.6 is 0 Å². The largest absolute Gasteiger partial charge is 0.497 e. The molecule has 0 atom stereocenters. The Morgan fingerprint density at radius 2 is 1.58 bits per heavy atom. The predicted octanol–water partition coefficient (Wildman–Crippen LogP) is 4.11. The number of amides is 1. The summed E-state index contributed by atoms with van der Waals surface area (Å²) in [7, 11) is 2.79. The molecular formula is C16H13F4NO3. The van der Waals surface area contributed by atoms with Crippen LogP contribution in [0.4, 0.5) is 23.2 Å². The van der Waals surface area contributed by atoms with E-state index in [2.05, 4.69) is 5.32 Å². The molecule has 0 fully saturated rings. The lowest BCUT2D eigenvalue weighted by Crippen LogP contribution is -2.14. The number of methoxy groups -OCH3 is 2. The Hall–Kier alpha value is -2.77. The molecule has 0 aliphatic heterocycles. The first kappa shape index (κ1) is 17.6. The third-order valence-electron chi connectivity index (χ3n) is 3.14. The molecule has 8 heteroatoms. The summed E-state index contributed by atoms with van der Waals surface area (Å²) >= 11 is 0. The number of nitrogens with one attached hydrogen (secondary N) is 1. The third kappa shape index (κ3) is 3.95. The summed E-state index contributed by atoms with van der Waals surface area (Å²) in [5, 5.41) is 2.28. The number of anilines is 1. The van der Waals surface area contributed by atoms with Gasteiger partial charge in [-0.2, -0.15) is 13.2 Å². The molecule has 0 unspecified atom stereocenters. The zero-order valence-electron chi connectivity index (χ0n) is 12.7. The Bertz CT molecular complexity index is 737. The van der Waals surface area contributed by atoms with Crippen LogP contribution in [0, 0.1) is 5.82 Å². The molecule has 128 valence electrons. The summed E-state index contributed by atoms with van der Waals surface area (Å²) in [5.74, 6) is -1.42. The molecule has 1 amide bonds. The van der Waals surface area contributed by atoms with E-state index >= 15 is 0 Å². The molecule has 2 aromatic carbocycles. The smallest absolute Gasteiger partial charge is 0.419 e. The maximum Gasteiger partial charge on any atom is 0.419 e. The summed E-state index contributed by atoms with van der Waals surface area (Å²) in [6, 6.07) is 6.55. The van der Waals surface area contributed by atoms with Crippen LogP contribution in [0.3, 0.4) is 0 Å². The van der Waals surface area contributed by atoms with Crippen LogP contribution in [0.15, 0.2) is 36.4 Å². The van der Waals surface area contributed by atoms with Crippen LogP contribution in [0.25, 0.3) is 0 Å². The van der Waals surface area contributed by atoms with Gasteiger partial charge < -0.3 is 14.8 Å². The molecule has 0 spiro atoms. The van der Waals surface area contributed by atoms with Gasteiger partial charge in [0, 0.05) is 17.3 Å². The number of alkyl halides is 3. The number of benzene rings is 2. The topological polar surface area (TPSA) is 47.6 Å². The minimum atomic E-state index is -4.86. The molecular weight excluding hydrogens is 330 g/mol. The van der Waals surface area contributed by atoms with E-state index in [1.165, 1.54) is 32.4 Å². The second kappa shape index (κ2) is 6.77. The van der Waals surface area contributed by atoms with Gasteiger partial charge >= 0.3 is 6.18 Å². The SMILES string of the molecule is COc1cc(OC)cc(C(=O)Nc2ccc(F)c(C(F)(F)F)c2)c1. The minimum Gasteiger partial charge on any atom is -0.497 e. The van der Waals surface area contributed by atoms with Gasteiger partial charge in [-0.1, -0.05) is 0 Å². The highest BCUT2D eigenvalue weighted by Crippen LogP contribution is 2.33. The maximum absolute atomic E-state index is 13.3. The van der Waals surface area contributed by atoms with Gasteiger partial charge in [-0.25, -0.2) is 4.39 Å². The van der Waals surface area contributed by atoms with E-state index in [9.17, 15) is 22.4 Å². The van der Waals surface area contributed by atoms with Gasteiger partial charge in [0.15, 0.2) is 0 Å². The van der Waals surface area contributed by atoms with E-state index in [0.717, 1.165) is 6.07 Å². The van der Waals surface area contributed by atoms with Crippen molar-refractivity contribution in [2.75, 3.05) is 19.5 Å². The van der Waals surface area contributed by atoms with Crippen molar-refractivity contribution in [3.8, 4) is 11.5 Å². The van der Waals surface area contributed by atoms with Crippen molar-refractivity contribution in [1.82, 2.24) is 0 Å². The van der Waals surface area contributed by atoms with E-state index < -0.39 is 23.5 Å². The second-order valence-electron chi connectivity index (χ2n) is 4.75. The lowest BCUT2D eigenvalue weighted by atomic mass is 10.1. The summed E-state index contributed by atoms with van der Waals surface area (Å²) in [6.07, 6.45) is -4.86. The summed E-state index contributed by atoms with van der Waals surface area (Å²) in [4.78, 5) is 12.2. The van der Waals surface area contributed by atoms with Crippen molar-refractivity contribution >= 4 is 11.6 Å². The fourth-order valence-electron chi connectivity index (χ4n) is 1.96. The number of ether oxygens (including phenoxy) is 2. The zero-order chi connectivity index (χ0) is 17.9. The van der Waals surface area contributed by atoms with Gasteiger partial charge in [0.25, 0.3) is 5.91 Å². The molecule has 2 aromatic rings. The van der Waals surface area contributed by atoms with Crippen LogP contribution in [-0.4, -0.2) is 20.1 Å². The molecule has 0 heterocycles. The van der Waals surface area contributed by atoms with Gasteiger partial charge in [0.2, 0.25) is 0 Å². The maximum atomic E-state index is 13.3. The van der Waals surface area contributed by atoms with Crippen molar-refractivity contribution < 1.29 is 31.8 Å². The number of carbonyl (C=O) groups is 1. The highest BCUT2D eigenvalue weighted by molar-refractivity contribution is 6.04. The molecule has 0 aliphatic carbocycles. The Morgan fingerprint density at radius 1 is 1.00 bits per heavy atom. The normalized spacial score (nSPS) is 11.1. The first-order chi connectivity index (χ1) is 11.2. The van der Waals surface area contributed by atoms with E-state index in [1.54, 1.807) is 0 Å². The summed E-state index contributed by atoms with van der Waals surface area (Å²) < 4.78 is 61.4. The standard InChI is InChI=1S/C16H13F4NO3/c1-23-11-5-9(6-12(8-11)24-2)15(22)21-10-3-4-14(17)13(7-10)16(18,19)20/h3-8H,1-2H3,(H,21,22). The quantitative estimate of drug-likeness (QED) is 0.850. The van der Waals surface area contributed by atoms with Gasteiger partial charge in [-0.15, -0.1) is 0 Å². The van der Waals surface area contributed by atoms with Gasteiger partial charge in [0.1, 0.15) is 17.3 Å². The highest BCUT2D eigenvalue weighted by Gasteiger charge is 2.34. The Labute approximate surface area is 135 Å². The van der Waals surface area contributed by atoms with Crippen LogP contribution in [0.2, 0.25) is 0 Å². The van der Waals surface area contributed by atoms with Crippen LogP contribution < -0.4 is 14.8 Å². The zero-order valence-corrected chi connectivity index (χ0v) is 12.7. The molecule has 0 aliphatic rings. The van der Waals surface area contributed by atoms with Crippen LogP contribution in [0.5, 0.6) is 11.5 Å². The lowest BCUT2D eigenvalue weighted by Gasteiger charge is -2.12. The Kier molecular flexibility index (Phi) is 4.96. The van der Waals surface area contributed by atoms with Crippen LogP contribution in [-0.2, 0) is 6.18 Å². The lowest BCUT2D eigenvalue weighted by molar-refractivity contribution is -0.139. The van der Waals surface area contributed by atoms with E-state index in [-0.39, 0.29) is 11.3 Å². The van der Waals surface area contributed by atoms with E-state index in [1.807, 2.05) is 0 Å². The first-order valence-corrected chi connectivity index (χ1v) is 6.65. The molecule has 0 bridgehead atoms. The number of rotatable bonds is 4. The minimum absolute atomic E-state index is 0.115. The molecule has 1 N–H and O–H groups in total. The summed E-state index contributed by atoms with van der Waals surface area (Å²) in [6.45, 7) is 0. The number of carbonyl (C=O) groups excluding carboxylic acids is 1. The second-order valence-corrected chi connectivity index (χ2v) is 4.75. The third-order valence-corrected chi connectivity index (χ3v) is 3.14. The summed E-state index contributed by atoms with van der Waals surface area (Å²) in [5.41, 5.74) is -1.52. The van der Waals surface area contributed by atoms with Gasteiger partial charge in [-0.05, 0) is 30.3 Å². The number of halogens is 4. The van der Waals surface area contributed by atoms with Crippen molar-refractivity contribution in [2.24, 2.45) is 0 Å². The fraction of sp³-hybridized carbons (Fsp3) is 0.188. The van der Waals surface area contributed by atoms with Crippen LogP contribution in [0.1, 0.15) is 15.9 Å². The predicted molar refractivity (Wildman–Crippen MR) is 78.9 cm³/mol. The molecule has 0 aromatic heterocycles. The fourth-order valence-corrected chi connectivity index (χ4v) is 1.96. The monoisotopic (exact) mass is 343 g/mol. The van der Waals surface area contributed by atoms with Gasteiger partial charge in [-0.3, -0.25) is 4.79 Å². The van der Waals surface area contributed by atoms with E-state index in [4.69, 9.17) is 9.47 Å². The van der Waals surface area contributed by atoms with Crippen molar-refractivity contribution in [3.63, 3.8) is 0 Å².